The molecule has 0 aliphatic rings. The molecule has 0 aromatic heterocycles. The molecule has 2 aromatic rings. The summed E-state index contributed by atoms with van der Waals surface area (Å²) < 4.78 is 31.8. The molecule has 0 amide bonds. The van der Waals surface area contributed by atoms with Gasteiger partial charge in [-0.2, -0.15) is 4.31 Å². The molecule has 9 heteroatoms. The van der Waals surface area contributed by atoms with Crippen LogP contribution in [0.25, 0.3) is 0 Å². The lowest BCUT2D eigenvalue weighted by Gasteiger charge is -2.21. The molecule has 0 unspecified atom stereocenters. The monoisotopic (exact) mass is 560 g/mol. The van der Waals surface area contributed by atoms with Crippen LogP contribution in [-0.4, -0.2) is 52.5 Å². The maximum absolute atomic E-state index is 12.6. The summed E-state index contributed by atoms with van der Waals surface area (Å²) in [7, 11) is 1.51. The van der Waals surface area contributed by atoms with E-state index in [0.29, 0.717) is 23.9 Å². The van der Waals surface area contributed by atoms with E-state index in [0.717, 1.165) is 23.3 Å². The van der Waals surface area contributed by atoms with Gasteiger partial charge in [-0.05, 0) is 49.6 Å². The van der Waals surface area contributed by atoms with Gasteiger partial charge in [0.25, 0.3) is 0 Å². The molecule has 0 saturated carbocycles. The first-order valence-corrected chi connectivity index (χ1v) is 11.4. The highest BCUT2D eigenvalue weighted by atomic mass is 127. The molecular weight excluding hydrogens is 527 g/mol. The maximum atomic E-state index is 12.6. The summed E-state index contributed by atoms with van der Waals surface area (Å²) in [5.74, 6) is 1.56. The molecule has 0 aliphatic carbocycles. The molecule has 0 aliphatic heterocycles. The van der Waals surface area contributed by atoms with E-state index in [4.69, 9.17) is 4.74 Å². The number of hydrogen-bond acceptors (Lipinski definition) is 4. The zero-order valence-corrected chi connectivity index (χ0v) is 21.9. The summed E-state index contributed by atoms with van der Waals surface area (Å²) in [5, 5.41) is 6.53. The standard InChI is InChI=1S/C22H32N4O3S.HI/c1-17(2)26(4)30(27,28)20-12-10-18(11-13-20)16-25-22(23-3)24-15-14-19-8-6-7-9-21(19)29-5;/h6-13,17H,14-16H2,1-5H3,(H2,23,24,25);1H. The Balaban J connectivity index is 0.00000480. The zero-order valence-electron chi connectivity index (χ0n) is 18.8. The van der Waals surface area contributed by atoms with E-state index in [1.54, 1.807) is 33.3 Å². The van der Waals surface area contributed by atoms with Crippen LogP contribution >= 0.6 is 24.0 Å². The van der Waals surface area contributed by atoms with Gasteiger partial charge in [0.2, 0.25) is 10.0 Å². The van der Waals surface area contributed by atoms with Crippen molar-refractivity contribution in [1.29, 1.82) is 0 Å². The summed E-state index contributed by atoms with van der Waals surface area (Å²) in [6, 6.07) is 14.8. The Morgan fingerprint density at radius 1 is 1.10 bits per heavy atom. The normalized spacial score (nSPS) is 11.9. The predicted octanol–water partition coefficient (Wildman–Crippen LogP) is 3.25. The molecule has 7 nitrogen and oxygen atoms in total. The number of halogens is 1. The van der Waals surface area contributed by atoms with E-state index in [9.17, 15) is 8.42 Å². The minimum Gasteiger partial charge on any atom is -0.496 e. The van der Waals surface area contributed by atoms with Gasteiger partial charge in [-0.1, -0.05) is 30.3 Å². The first-order valence-electron chi connectivity index (χ1n) is 9.93. The second-order valence-corrected chi connectivity index (χ2v) is 9.17. The van der Waals surface area contributed by atoms with Gasteiger partial charge < -0.3 is 15.4 Å². The Kier molecular flexibility index (Phi) is 11.3. The third kappa shape index (κ3) is 7.65. The topological polar surface area (TPSA) is 83.0 Å². The SMILES string of the molecule is CN=C(NCCc1ccccc1OC)NCc1ccc(S(=O)(=O)N(C)C(C)C)cc1.I. The number of aliphatic imine (C=N–C) groups is 1. The molecule has 31 heavy (non-hydrogen) atoms. The Bertz CT molecular complexity index is 947. The van der Waals surface area contributed by atoms with Crippen molar-refractivity contribution in [2.45, 2.75) is 37.8 Å². The molecule has 0 spiro atoms. The lowest BCUT2D eigenvalue weighted by atomic mass is 10.1. The average molecular weight is 561 g/mol. The van der Waals surface area contributed by atoms with Gasteiger partial charge >= 0.3 is 0 Å². The van der Waals surface area contributed by atoms with Gasteiger partial charge in [0.15, 0.2) is 5.96 Å². The second-order valence-electron chi connectivity index (χ2n) is 7.17. The Hall–Kier alpha value is -1.85. The van der Waals surface area contributed by atoms with Gasteiger partial charge in [-0.3, -0.25) is 4.99 Å². The van der Waals surface area contributed by atoms with E-state index in [1.807, 2.05) is 50.2 Å². The molecule has 0 radical (unpaired) electrons. The van der Waals surface area contributed by atoms with Crippen LogP contribution in [0, 0.1) is 0 Å². The van der Waals surface area contributed by atoms with Crippen LogP contribution in [-0.2, 0) is 23.0 Å². The number of ether oxygens (including phenoxy) is 1. The van der Waals surface area contributed by atoms with Crippen LogP contribution in [0.2, 0.25) is 0 Å². The summed E-state index contributed by atoms with van der Waals surface area (Å²) in [6.07, 6.45) is 0.806. The molecule has 0 heterocycles. The molecule has 2 aromatic carbocycles. The average Bonchev–Trinajstić information content (AvgIpc) is 2.76. The Morgan fingerprint density at radius 3 is 2.32 bits per heavy atom. The van der Waals surface area contributed by atoms with Crippen LogP contribution in [0.15, 0.2) is 58.4 Å². The van der Waals surface area contributed by atoms with Gasteiger partial charge in [0.1, 0.15) is 5.75 Å². The molecule has 0 saturated heterocycles. The Morgan fingerprint density at radius 2 is 1.74 bits per heavy atom. The van der Waals surface area contributed by atoms with Crippen molar-refractivity contribution in [3.05, 3.63) is 59.7 Å². The molecule has 172 valence electrons. The fourth-order valence-electron chi connectivity index (χ4n) is 2.85. The van der Waals surface area contributed by atoms with Crippen molar-refractivity contribution >= 4 is 40.0 Å². The number of nitrogens with one attached hydrogen (secondary N) is 2. The first kappa shape index (κ1) is 27.2. The number of methoxy groups -OCH3 is 1. The third-order valence-electron chi connectivity index (χ3n) is 4.89. The van der Waals surface area contributed by atoms with Crippen molar-refractivity contribution in [3.63, 3.8) is 0 Å². The van der Waals surface area contributed by atoms with Crippen LogP contribution in [0.4, 0.5) is 0 Å². The fourth-order valence-corrected chi connectivity index (χ4v) is 4.22. The highest BCUT2D eigenvalue weighted by Gasteiger charge is 2.22. The van der Waals surface area contributed by atoms with Crippen molar-refractivity contribution in [2.24, 2.45) is 4.99 Å². The number of para-hydroxylation sites is 1. The Labute approximate surface area is 203 Å². The minimum atomic E-state index is -3.47. The highest BCUT2D eigenvalue weighted by molar-refractivity contribution is 14.0. The summed E-state index contributed by atoms with van der Waals surface area (Å²) in [5.41, 5.74) is 2.10. The molecule has 0 fully saturated rings. The smallest absolute Gasteiger partial charge is 0.243 e. The van der Waals surface area contributed by atoms with Gasteiger partial charge in [-0.25, -0.2) is 8.42 Å². The summed E-state index contributed by atoms with van der Waals surface area (Å²) >= 11 is 0. The number of hydrogen-bond donors (Lipinski definition) is 2. The second kappa shape index (κ2) is 12.9. The molecule has 2 N–H and O–H groups in total. The van der Waals surface area contributed by atoms with E-state index in [1.165, 1.54) is 4.31 Å². The zero-order chi connectivity index (χ0) is 22.1. The van der Waals surface area contributed by atoms with Crippen LogP contribution in [0.5, 0.6) is 5.75 Å². The minimum absolute atomic E-state index is 0. The quantitative estimate of drug-likeness (QED) is 0.280. The highest BCUT2D eigenvalue weighted by Crippen LogP contribution is 2.18. The van der Waals surface area contributed by atoms with Crippen molar-refractivity contribution < 1.29 is 13.2 Å². The molecular formula is C22H33IN4O3S. The molecule has 0 atom stereocenters. The van der Waals surface area contributed by atoms with Crippen molar-refractivity contribution in [3.8, 4) is 5.75 Å². The number of sulfonamides is 1. The van der Waals surface area contributed by atoms with E-state index in [-0.39, 0.29) is 30.0 Å². The lowest BCUT2D eigenvalue weighted by molar-refractivity contribution is 0.409. The van der Waals surface area contributed by atoms with Crippen molar-refractivity contribution in [2.75, 3.05) is 27.7 Å². The van der Waals surface area contributed by atoms with Crippen molar-refractivity contribution in [1.82, 2.24) is 14.9 Å². The van der Waals surface area contributed by atoms with Crippen LogP contribution < -0.4 is 15.4 Å². The van der Waals surface area contributed by atoms with E-state index >= 15 is 0 Å². The maximum Gasteiger partial charge on any atom is 0.243 e. The number of benzene rings is 2. The number of nitrogens with zero attached hydrogens (tertiary/aromatic N) is 2. The van der Waals surface area contributed by atoms with Crippen LogP contribution in [0.1, 0.15) is 25.0 Å². The van der Waals surface area contributed by atoms with E-state index < -0.39 is 10.0 Å². The largest absolute Gasteiger partial charge is 0.496 e. The fraction of sp³-hybridized carbons (Fsp3) is 0.409. The lowest BCUT2D eigenvalue weighted by Crippen LogP contribution is -2.37. The van der Waals surface area contributed by atoms with E-state index in [2.05, 4.69) is 15.6 Å². The van der Waals surface area contributed by atoms with Gasteiger partial charge in [-0.15, -0.1) is 24.0 Å². The third-order valence-corrected chi connectivity index (χ3v) is 6.94. The summed E-state index contributed by atoms with van der Waals surface area (Å²) in [4.78, 5) is 4.53. The molecule has 2 rings (SSSR count). The summed E-state index contributed by atoms with van der Waals surface area (Å²) in [6.45, 7) is 4.94. The van der Waals surface area contributed by atoms with Gasteiger partial charge in [0.05, 0.1) is 12.0 Å². The molecule has 0 bridgehead atoms. The number of guanidine groups is 1. The van der Waals surface area contributed by atoms with Gasteiger partial charge in [0, 0.05) is 33.2 Å². The first-order chi connectivity index (χ1) is 14.3. The number of rotatable bonds is 9. The van der Waals surface area contributed by atoms with Crippen LogP contribution in [0.3, 0.4) is 0 Å². The predicted molar refractivity (Wildman–Crippen MR) is 137 cm³/mol.